The Kier molecular flexibility index (Phi) is 25.4. The molecule has 6 N–H and O–H groups in total. The topological polar surface area (TPSA) is 402 Å². The molecule has 6 heterocycles. The number of H-pyrrole nitrogens is 2. The Labute approximate surface area is 698 Å². The minimum absolute atomic E-state index is 0.0288. The lowest BCUT2D eigenvalue weighted by Gasteiger charge is -2.13. The highest BCUT2D eigenvalue weighted by atomic mass is 19.1. The number of pyridine rings is 1. The number of hydrogen-bond acceptors (Lipinski definition) is 24. The van der Waals surface area contributed by atoms with Gasteiger partial charge < -0.3 is 69.1 Å². The number of nitrogens with one attached hydrogen (secondary N) is 6. The second kappa shape index (κ2) is 38.1. The van der Waals surface area contributed by atoms with Crippen LogP contribution in [0.2, 0.25) is 0 Å². The molecule has 4 amide bonds. The molecule has 0 atom stereocenters. The van der Waals surface area contributed by atoms with E-state index in [1.807, 2.05) is 12.1 Å². The van der Waals surface area contributed by atoms with Gasteiger partial charge in [0.25, 0.3) is 47.1 Å². The summed E-state index contributed by atoms with van der Waals surface area (Å²) in [5, 5.41) is 28.8. The summed E-state index contributed by atoms with van der Waals surface area (Å²) in [5.41, 5.74) is 7.36. The van der Waals surface area contributed by atoms with E-state index in [4.69, 9.17) is 48.4 Å². The number of imidazole rings is 1. The third kappa shape index (κ3) is 20.1. The first-order chi connectivity index (χ1) is 60.3. The van der Waals surface area contributed by atoms with Crippen LogP contribution in [0.5, 0.6) is 69.5 Å². The Hall–Kier alpha value is -17.8. The summed E-state index contributed by atoms with van der Waals surface area (Å²) in [5.74, 6) is -3.13. The van der Waals surface area contributed by atoms with Gasteiger partial charge in [-0.15, -0.1) is 0 Å². The van der Waals surface area contributed by atoms with E-state index < -0.39 is 46.9 Å². The number of nitrogens with zero attached hydrogens (tertiary/aromatic N) is 11. The van der Waals surface area contributed by atoms with Crippen molar-refractivity contribution in [2.24, 2.45) is 0 Å². The van der Waals surface area contributed by atoms with Gasteiger partial charge in [0.2, 0.25) is 0 Å². The maximum atomic E-state index is 13.6. The Bertz CT molecular complexity index is 7080. The monoisotopic (exact) mass is 1660 g/mol. The average Bonchev–Trinajstić information content (AvgIpc) is 0.864. The van der Waals surface area contributed by atoms with Crippen LogP contribution >= 0.6 is 0 Å². The molecule has 17 aromatic rings. The van der Waals surface area contributed by atoms with E-state index in [2.05, 4.69) is 76.1 Å². The summed E-state index contributed by atoms with van der Waals surface area (Å²) in [6.45, 7) is 0. The number of nitriles is 2. The van der Waals surface area contributed by atoms with Gasteiger partial charge in [0, 0.05) is 47.5 Å². The van der Waals surface area contributed by atoms with Crippen molar-refractivity contribution >= 4 is 102 Å². The normalized spacial score (nSPS) is 10.6. The smallest absolute Gasteiger partial charge is 0.323 e. The Morgan fingerprint density at radius 1 is 0.315 bits per heavy atom. The molecule has 0 aliphatic carbocycles. The quantitative estimate of drug-likeness (QED) is 0.0386. The van der Waals surface area contributed by atoms with Gasteiger partial charge in [-0.05, 0) is 170 Å². The molecule has 34 heteroatoms. The van der Waals surface area contributed by atoms with Gasteiger partial charge in [0.15, 0.2) is 68.8 Å². The van der Waals surface area contributed by atoms with Gasteiger partial charge in [-0.25, -0.2) is 62.2 Å². The van der Waals surface area contributed by atoms with Crippen molar-refractivity contribution < 1.29 is 74.6 Å². The molecule has 0 fully saturated rings. The number of benzene rings is 11. The van der Waals surface area contributed by atoms with E-state index in [0.29, 0.717) is 89.0 Å². The van der Waals surface area contributed by atoms with Crippen LogP contribution in [0.4, 0.5) is 40.3 Å². The largest absolute Gasteiger partial charge is 0.493 e. The number of methoxy groups -OCH3 is 4. The molecule has 6 aromatic heterocycles. The molecular formula is C90H61F4N17O13. The fourth-order valence-corrected chi connectivity index (χ4v) is 11.7. The van der Waals surface area contributed by atoms with Gasteiger partial charge in [-0.3, -0.25) is 24.2 Å². The van der Waals surface area contributed by atoms with Crippen molar-refractivity contribution in [3.63, 3.8) is 0 Å². The van der Waals surface area contributed by atoms with Crippen LogP contribution in [0, 0.1) is 45.9 Å². The van der Waals surface area contributed by atoms with Crippen molar-refractivity contribution in [1.29, 1.82) is 10.5 Å². The molecule has 0 radical (unpaired) electrons. The van der Waals surface area contributed by atoms with Crippen LogP contribution in [-0.2, 0) is 0 Å². The number of rotatable bonds is 20. The molecule has 0 bridgehead atoms. The fourth-order valence-electron chi connectivity index (χ4n) is 11.7. The van der Waals surface area contributed by atoms with Gasteiger partial charge >= 0.3 is 5.69 Å². The average molecular weight is 1660 g/mol. The number of carbonyl (C=O) groups is 4. The lowest BCUT2D eigenvalue weighted by molar-refractivity contribution is 0.101. The molecule has 0 saturated carbocycles. The number of halogens is 4. The van der Waals surface area contributed by atoms with Crippen LogP contribution in [0.25, 0.3) is 55.2 Å². The van der Waals surface area contributed by atoms with Crippen LogP contribution in [0.3, 0.4) is 0 Å². The maximum absolute atomic E-state index is 13.6. The molecule has 0 saturated heterocycles. The fraction of sp³-hybridized carbons (Fsp3) is 0.0444. The van der Waals surface area contributed by atoms with Crippen molar-refractivity contribution in [2.45, 2.75) is 0 Å². The standard InChI is InChI=1S/C23H16FN5O4.2C23H15FN4O3.C21H15FN4O3/c1-32-19-10-12(24)6-9-18(19)33-22-20(26-14-4-2-3-5-15(14)27-22)21(30)25-13-7-8-16-17(11-13)29-23(31)28-16;1-30-20-12-15(24)9-10-19(20)31-23-21(27-17-7-2-3-8-18(17)28-23)22(29)26-16-6-4-5-14(11-16)13-25;1-30-20-12-15(24)8-11-19(20)31-23-21(27-17-4-2-3-5-18(17)28-23)22(29)26-16-9-6-14(13-25)7-10-16;1-28-18-11-13(22)8-9-17(18)29-21-19(20(27)24-14-5-4-10-23-12-14)25-15-6-2-3-7-16(15)26-21/h2-11H,1H3,(H,25,30)(H2,28,29,31);2*2-12H,1H3,(H,26,29);2-12H,1H3,(H,24,27). The first kappa shape index (κ1) is 82.7. The molecule has 0 unspecified atom stereocenters. The van der Waals surface area contributed by atoms with Crippen LogP contribution in [0.1, 0.15) is 53.1 Å². The van der Waals surface area contributed by atoms with Gasteiger partial charge in [0.05, 0.1) is 119 Å². The molecule has 11 aromatic carbocycles. The number of hydrogen-bond donors (Lipinski definition) is 6. The lowest BCUT2D eigenvalue weighted by atomic mass is 10.2. The zero-order valence-corrected chi connectivity index (χ0v) is 65.1. The third-order valence-electron chi connectivity index (χ3n) is 17.6. The van der Waals surface area contributed by atoms with Gasteiger partial charge in [-0.1, -0.05) is 54.6 Å². The molecule has 612 valence electrons. The molecule has 30 nitrogen and oxygen atoms in total. The van der Waals surface area contributed by atoms with E-state index in [9.17, 15) is 41.5 Å². The van der Waals surface area contributed by atoms with Gasteiger partial charge in [0.1, 0.15) is 23.3 Å². The molecule has 0 aliphatic heterocycles. The van der Waals surface area contributed by atoms with Crippen LogP contribution in [0.15, 0.2) is 266 Å². The molecule has 0 aliphatic rings. The minimum Gasteiger partial charge on any atom is -0.493 e. The molecular weight excluding hydrogens is 1600 g/mol. The second-order valence-electron chi connectivity index (χ2n) is 25.8. The SMILES string of the molecule is COc1cc(F)ccc1Oc1nc2ccccc2nc1C(=O)Nc1ccc(C#N)cc1.COc1cc(F)ccc1Oc1nc2ccccc2nc1C(=O)Nc1ccc2[nH]c(=O)[nH]c2c1.COc1cc(F)ccc1Oc1nc2ccccc2nc1C(=O)Nc1cccc(C#N)c1.COc1cc(F)ccc1Oc1nc2ccccc2nc1C(=O)Nc1cccnc1. The van der Waals surface area contributed by atoms with Crippen molar-refractivity contribution in [1.82, 2.24) is 54.8 Å². The minimum atomic E-state index is -0.582. The Balaban J connectivity index is 0.000000135. The number of fused-ring (bicyclic) bond motifs is 5. The van der Waals surface area contributed by atoms with E-state index >= 15 is 0 Å². The van der Waals surface area contributed by atoms with Crippen molar-refractivity contribution in [2.75, 3.05) is 49.7 Å². The number of aromatic nitrogens is 11. The molecule has 0 spiro atoms. The molecule has 124 heavy (non-hydrogen) atoms. The van der Waals surface area contributed by atoms with E-state index in [1.54, 1.807) is 176 Å². The van der Waals surface area contributed by atoms with Crippen LogP contribution < -0.4 is 64.9 Å². The highest BCUT2D eigenvalue weighted by Gasteiger charge is 2.27. The molecule has 17 rings (SSSR count). The zero-order chi connectivity index (χ0) is 86.8. The number of para-hydroxylation sites is 8. The van der Waals surface area contributed by atoms with Crippen LogP contribution in [-0.4, -0.2) is 107 Å². The van der Waals surface area contributed by atoms with E-state index in [-0.39, 0.29) is 98.0 Å². The second-order valence-corrected chi connectivity index (χ2v) is 25.8. The third-order valence-corrected chi connectivity index (χ3v) is 17.6. The summed E-state index contributed by atoms with van der Waals surface area (Å²) in [4.78, 5) is 108. The highest BCUT2D eigenvalue weighted by molar-refractivity contribution is 6.08. The number of anilines is 4. The number of aromatic amines is 2. The number of ether oxygens (including phenoxy) is 8. The van der Waals surface area contributed by atoms with E-state index in [0.717, 1.165) is 12.1 Å². The zero-order valence-electron chi connectivity index (χ0n) is 65.1. The number of carbonyl (C=O) groups excluding carboxylic acids is 4. The summed E-state index contributed by atoms with van der Waals surface area (Å²) >= 11 is 0. The summed E-state index contributed by atoms with van der Waals surface area (Å²) in [6, 6.07) is 68.4. The first-order valence-electron chi connectivity index (χ1n) is 36.8. The van der Waals surface area contributed by atoms with E-state index in [1.165, 1.54) is 101 Å². The lowest BCUT2D eigenvalue weighted by Crippen LogP contribution is -2.16. The number of amides is 4. The maximum Gasteiger partial charge on any atom is 0.323 e. The van der Waals surface area contributed by atoms with Gasteiger partial charge in [-0.2, -0.15) is 10.5 Å². The predicted molar refractivity (Wildman–Crippen MR) is 448 cm³/mol. The van der Waals surface area contributed by atoms with Crippen molar-refractivity contribution in [3.05, 3.63) is 329 Å². The summed E-state index contributed by atoms with van der Waals surface area (Å²) < 4.78 is 98.1. The first-order valence-corrected chi connectivity index (χ1v) is 36.8. The predicted octanol–water partition coefficient (Wildman–Crippen LogP) is 17.6. The summed E-state index contributed by atoms with van der Waals surface area (Å²) in [7, 11) is 5.53. The summed E-state index contributed by atoms with van der Waals surface area (Å²) in [6.07, 6.45) is 3.11. The Morgan fingerprint density at radius 2 is 0.629 bits per heavy atom. The van der Waals surface area contributed by atoms with Crippen molar-refractivity contribution in [3.8, 4) is 81.7 Å². The highest BCUT2D eigenvalue weighted by Crippen LogP contribution is 2.39. The Morgan fingerprint density at radius 3 is 0.968 bits per heavy atom.